The first-order chi connectivity index (χ1) is 13.2. The van der Waals surface area contributed by atoms with Crippen LogP contribution in [0.3, 0.4) is 0 Å². The highest BCUT2D eigenvalue weighted by molar-refractivity contribution is 5.62. The summed E-state index contributed by atoms with van der Waals surface area (Å²) in [4.78, 5) is 14.7. The number of aromatic nitrogens is 2. The number of nitrogens with zero attached hydrogens (tertiary/aromatic N) is 3. The van der Waals surface area contributed by atoms with Gasteiger partial charge in [0.25, 0.3) is 5.56 Å². The van der Waals surface area contributed by atoms with E-state index in [0.717, 1.165) is 29.9 Å². The predicted molar refractivity (Wildman–Crippen MR) is 110 cm³/mol. The van der Waals surface area contributed by atoms with Crippen molar-refractivity contribution >= 4 is 5.69 Å². The van der Waals surface area contributed by atoms with E-state index in [1.807, 2.05) is 18.2 Å². The molecule has 0 amide bonds. The van der Waals surface area contributed by atoms with Crippen LogP contribution in [-0.2, 0) is 6.54 Å². The molecular weight excluding hydrogens is 334 g/mol. The van der Waals surface area contributed by atoms with E-state index in [9.17, 15) is 4.79 Å². The molecule has 0 saturated carbocycles. The SMILES string of the molecule is Cc1cccc(Cn2nc(-c3ccc(N4CCCCC4)cc3)ccc2=O)c1. The molecule has 0 spiro atoms. The predicted octanol–water partition coefficient (Wildman–Crippen LogP) is 4.26. The number of hydrogen-bond acceptors (Lipinski definition) is 3. The summed E-state index contributed by atoms with van der Waals surface area (Å²) in [5.74, 6) is 0. The summed E-state index contributed by atoms with van der Waals surface area (Å²) in [5.41, 5.74) is 5.32. The third-order valence-corrected chi connectivity index (χ3v) is 5.17. The van der Waals surface area contributed by atoms with Gasteiger partial charge in [0.15, 0.2) is 0 Å². The van der Waals surface area contributed by atoms with E-state index >= 15 is 0 Å². The van der Waals surface area contributed by atoms with Crippen LogP contribution in [0.1, 0.15) is 30.4 Å². The van der Waals surface area contributed by atoms with Crippen molar-refractivity contribution in [3.63, 3.8) is 0 Å². The number of benzene rings is 2. The lowest BCUT2D eigenvalue weighted by molar-refractivity contribution is 0.578. The molecule has 27 heavy (non-hydrogen) atoms. The van der Waals surface area contributed by atoms with Gasteiger partial charge in [-0.25, -0.2) is 4.68 Å². The maximum atomic E-state index is 12.2. The molecule has 0 N–H and O–H groups in total. The fourth-order valence-electron chi connectivity index (χ4n) is 3.69. The smallest absolute Gasteiger partial charge is 0.267 e. The zero-order valence-electron chi connectivity index (χ0n) is 15.8. The molecule has 1 aliphatic heterocycles. The van der Waals surface area contributed by atoms with E-state index in [2.05, 4.69) is 53.3 Å². The summed E-state index contributed by atoms with van der Waals surface area (Å²) in [5, 5.41) is 4.60. The van der Waals surface area contributed by atoms with E-state index < -0.39 is 0 Å². The molecule has 2 aromatic carbocycles. The Morgan fingerprint density at radius 2 is 1.70 bits per heavy atom. The molecule has 1 fully saturated rings. The highest BCUT2D eigenvalue weighted by Crippen LogP contribution is 2.23. The van der Waals surface area contributed by atoms with Crippen LogP contribution in [0.2, 0.25) is 0 Å². The molecule has 2 heterocycles. The number of aryl methyl sites for hydroxylation is 1. The van der Waals surface area contributed by atoms with E-state index in [1.54, 1.807) is 10.7 Å². The number of anilines is 1. The summed E-state index contributed by atoms with van der Waals surface area (Å²) in [6.07, 6.45) is 3.88. The molecule has 0 atom stereocenters. The third-order valence-electron chi connectivity index (χ3n) is 5.17. The molecule has 4 heteroatoms. The monoisotopic (exact) mass is 359 g/mol. The lowest BCUT2D eigenvalue weighted by atomic mass is 10.1. The summed E-state index contributed by atoms with van der Waals surface area (Å²) in [6, 6.07) is 20.1. The Bertz CT molecular complexity index is 969. The van der Waals surface area contributed by atoms with Crippen LogP contribution in [0.25, 0.3) is 11.3 Å². The van der Waals surface area contributed by atoms with Crippen LogP contribution in [0.15, 0.2) is 65.5 Å². The van der Waals surface area contributed by atoms with Gasteiger partial charge in [0, 0.05) is 30.4 Å². The van der Waals surface area contributed by atoms with Crippen molar-refractivity contribution < 1.29 is 0 Å². The largest absolute Gasteiger partial charge is 0.372 e. The molecular formula is C23H25N3O. The van der Waals surface area contributed by atoms with Crippen molar-refractivity contribution in [2.45, 2.75) is 32.7 Å². The van der Waals surface area contributed by atoms with Crippen LogP contribution in [0.4, 0.5) is 5.69 Å². The minimum absolute atomic E-state index is 0.0785. The minimum Gasteiger partial charge on any atom is -0.372 e. The van der Waals surface area contributed by atoms with Crippen LogP contribution >= 0.6 is 0 Å². The molecule has 1 saturated heterocycles. The van der Waals surface area contributed by atoms with E-state index in [0.29, 0.717) is 6.54 Å². The van der Waals surface area contributed by atoms with Gasteiger partial charge >= 0.3 is 0 Å². The van der Waals surface area contributed by atoms with Crippen molar-refractivity contribution in [2.24, 2.45) is 0 Å². The second-order valence-corrected chi connectivity index (χ2v) is 7.30. The zero-order valence-corrected chi connectivity index (χ0v) is 15.8. The van der Waals surface area contributed by atoms with Gasteiger partial charge in [-0.1, -0.05) is 42.0 Å². The molecule has 0 aliphatic carbocycles. The molecule has 4 nitrogen and oxygen atoms in total. The molecule has 0 bridgehead atoms. The Labute approximate surface area is 160 Å². The maximum absolute atomic E-state index is 12.2. The van der Waals surface area contributed by atoms with Crippen LogP contribution in [0, 0.1) is 6.92 Å². The Hall–Kier alpha value is -2.88. The van der Waals surface area contributed by atoms with Gasteiger partial charge in [-0.3, -0.25) is 4.79 Å². The highest BCUT2D eigenvalue weighted by Gasteiger charge is 2.11. The average Bonchev–Trinajstić information content (AvgIpc) is 2.71. The minimum atomic E-state index is -0.0785. The quantitative estimate of drug-likeness (QED) is 0.699. The topological polar surface area (TPSA) is 38.1 Å². The van der Waals surface area contributed by atoms with E-state index in [1.165, 1.54) is 30.5 Å². The van der Waals surface area contributed by atoms with E-state index in [-0.39, 0.29) is 5.56 Å². The van der Waals surface area contributed by atoms with Crippen LogP contribution in [0.5, 0.6) is 0 Å². The van der Waals surface area contributed by atoms with Crippen molar-refractivity contribution in [3.05, 3.63) is 82.1 Å². The standard InChI is InChI=1S/C23H25N3O/c1-18-6-5-7-19(16-18)17-26-23(27)13-12-22(24-26)20-8-10-21(11-9-20)25-14-3-2-4-15-25/h5-13,16H,2-4,14-15,17H2,1H3. The summed E-state index contributed by atoms with van der Waals surface area (Å²) >= 11 is 0. The molecule has 0 radical (unpaired) electrons. The van der Waals surface area contributed by atoms with E-state index in [4.69, 9.17) is 0 Å². The van der Waals surface area contributed by atoms with Crippen LogP contribution < -0.4 is 10.5 Å². The molecule has 4 rings (SSSR count). The molecule has 1 aromatic heterocycles. The number of rotatable bonds is 4. The van der Waals surface area contributed by atoms with Gasteiger partial charge in [-0.2, -0.15) is 5.10 Å². The Morgan fingerprint density at radius 3 is 2.44 bits per heavy atom. The first kappa shape index (κ1) is 17.5. The fourth-order valence-corrected chi connectivity index (χ4v) is 3.69. The Balaban J connectivity index is 1.57. The van der Waals surface area contributed by atoms with Gasteiger partial charge in [0.05, 0.1) is 12.2 Å². The number of hydrogen-bond donors (Lipinski definition) is 0. The van der Waals surface area contributed by atoms with Crippen LogP contribution in [-0.4, -0.2) is 22.9 Å². The average molecular weight is 359 g/mol. The Morgan fingerprint density at radius 1 is 0.926 bits per heavy atom. The van der Waals surface area contributed by atoms with Crippen molar-refractivity contribution in [3.8, 4) is 11.3 Å². The first-order valence-corrected chi connectivity index (χ1v) is 9.68. The second-order valence-electron chi connectivity index (χ2n) is 7.30. The lowest BCUT2D eigenvalue weighted by Crippen LogP contribution is -2.29. The van der Waals surface area contributed by atoms with Gasteiger partial charge in [-0.15, -0.1) is 0 Å². The zero-order chi connectivity index (χ0) is 18.6. The van der Waals surface area contributed by atoms with Gasteiger partial charge in [0.2, 0.25) is 0 Å². The Kier molecular flexibility index (Phi) is 5.05. The first-order valence-electron chi connectivity index (χ1n) is 9.68. The van der Waals surface area contributed by atoms with Gasteiger partial charge in [0.1, 0.15) is 0 Å². The number of piperidine rings is 1. The lowest BCUT2D eigenvalue weighted by Gasteiger charge is -2.28. The molecule has 3 aromatic rings. The second kappa shape index (κ2) is 7.78. The highest BCUT2D eigenvalue weighted by atomic mass is 16.1. The van der Waals surface area contributed by atoms with Crippen molar-refractivity contribution in [2.75, 3.05) is 18.0 Å². The van der Waals surface area contributed by atoms with Crippen molar-refractivity contribution in [1.29, 1.82) is 0 Å². The molecule has 0 unspecified atom stereocenters. The maximum Gasteiger partial charge on any atom is 0.267 e. The summed E-state index contributed by atoms with van der Waals surface area (Å²) in [7, 11) is 0. The summed E-state index contributed by atoms with van der Waals surface area (Å²) in [6.45, 7) is 4.82. The third kappa shape index (κ3) is 4.11. The summed E-state index contributed by atoms with van der Waals surface area (Å²) < 4.78 is 1.54. The van der Waals surface area contributed by atoms with Gasteiger partial charge in [-0.05, 0) is 49.9 Å². The van der Waals surface area contributed by atoms with Crippen molar-refractivity contribution in [1.82, 2.24) is 9.78 Å². The normalized spacial score (nSPS) is 14.3. The molecule has 138 valence electrons. The molecule has 1 aliphatic rings. The fraction of sp³-hybridized carbons (Fsp3) is 0.304. The van der Waals surface area contributed by atoms with Gasteiger partial charge < -0.3 is 4.90 Å².